The second-order valence-corrected chi connectivity index (χ2v) is 7.24. The van der Waals surface area contributed by atoms with Gasteiger partial charge in [-0.2, -0.15) is 0 Å². The molecule has 0 N–H and O–H groups in total. The Labute approximate surface area is 162 Å². The topological polar surface area (TPSA) is 41.5 Å². The van der Waals surface area contributed by atoms with E-state index in [1.807, 2.05) is 18.2 Å². The van der Waals surface area contributed by atoms with Crippen LogP contribution in [-0.2, 0) is 6.54 Å². The number of nitrogens with zero attached hydrogens (tertiary/aromatic N) is 4. The highest BCUT2D eigenvalue weighted by atomic mass is 32.1. The third-order valence-electron chi connectivity index (χ3n) is 4.86. The van der Waals surface area contributed by atoms with E-state index in [-0.39, 0.29) is 5.82 Å². The molecule has 0 spiro atoms. The van der Waals surface area contributed by atoms with Crippen molar-refractivity contribution >= 4 is 17.2 Å². The van der Waals surface area contributed by atoms with Crippen LogP contribution in [-0.4, -0.2) is 47.8 Å². The molecule has 0 radical (unpaired) electrons. The van der Waals surface area contributed by atoms with E-state index in [0.717, 1.165) is 42.5 Å². The first-order chi connectivity index (χ1) is 13.2. The molecule has 27 heavy (non-hydrogen) atoms. The molecule has 7 heteroatoms. The summed E-state index contributed by atoms with van der Waals surface area (Å²) in [5.74, 6) is 0.642. The first-order valence-corrected chi connectivity index (χ1v) is 9.69. The number of benzene rings is 2. The van der Waals surface area contributed by atoms with Crippen molar-refractivity contribution in [2.75, 3.05) is 38.2 Å². The van der Waals surface area contributed by atoms with E-state index in [9.17, 15) is 4.39 Å². The van der Waals surface area contributed by atoms with Gasteiger partial charge in [0, 0.05) is 44.0 Å². The van der Waals surface area contributed by atoms with Crippen molar-refractivity contribution in [3.63, 3.8) is 0 Å². The Kier molecular flexibility index (Phi) is 5.31. The lowest BCUT2D eigenvalue weighted by Gasteiger charge is -2.35. The monoisotopic (exact) mass is 384 g/mol. The van der Waals surface area contributed by atoms with E-state index in [2.05, 4.69) is 31.5 Å². The molecule has 1 fully saturated rings. The van der Waals surface area contributed by atoms with Gasteiger partial charge in [0.15, 0.2) is 0 Å². The second-order valence-electron chi connectivity index (χ2n) is 6.49. The van der Waals surface area contributed by atoms with Gasteiger partial charge in [0.05, 0.1) is 17.7 Å². The molecule has 0 bridgehead atoms. The lowest BCUT2D eigenvalue weighted by Crippen LogP contribution is -2.46. The lowest BCUT2D eigenvalue weighted by molar-refractivity contribution is 0.247. The molecule has 0 unspecified atom stereocenters. The van der Waals surface area contributed by atoms with Crippen LogP contribution in [0.3, 0.4) is 0 Å². The summed E-state index contributed by atoms with van der Waals surface area (Å²) in [5, 5.41) is 4.26. The summed E-state index contributed by atoms with van der Waals surface area (Å²) >= 11 is 1.26. The van der Waals surface area contributed by atoms with Crippen LogP contribution in [0, 0.1) is 5.82 Å². The maximum atomic E-state index is 14.1. The molecule has 1 aliphatic rings. The minimum atomic E-state index is -0.228. The van der Waals surface area contributed by atoms with Gasteiger partial charge < -0.3 is 9.64 Å². The number of hydrogen-bond donors (Lipinski definition) is 0. The molecule has 140 valence electrons. The third kappa shape index (κ3) is 3.94. The third-order valence-corrected chi connectivity index (χ3v) is 5.66. The van der Waals surface area contributed by atoms with Crippen LogP contribution in [0.15, 0.2) is 48.5 Å². The molecule has 0 aliphatic carbocycles. The zero-order valence-electron chi connectivity index (χ0n) is 15.1. The number of anilines is 1. The van der Waals surface area contributed by atoms with E-state index < -0.39 is 0 Å². The smallest absolute Gasteiger partial charge is 0.131 e. The summed E-state index contributed by atoms with van der Waals surface area (Å²) in [7, 11) is 1.68. The average Bonchev–Trinajstić information content (AvgIpc) is 3.17. The predicted molar refractivity (Wildman–Crippen MR) is 106 cm³/mol. The summed E-state index contributed by atoms with van der Waals surface area (Å²) in [4.78, 5) is 5.54. The Bertz CT molecular complexity index is 891. The van der Waals surface area contributed by atoms with Gasteiger partial charge in [-0.05, 0) is 41.9 Å². The molecular weight excluding hydrogens is 363 g/mol. The number of hydrogen-bond acceptors (Lipinski definition) is 6. The maximum Gasteiger partial charge on any atom is 0.131 e. The second kappa shape index (κ2) is 8.02. The number of aromatic nitrogens is 2. The van der Waals surface area contributed by atoms with Crippen LogP contribution in [0.2, 0.25) is 0 Å². The number of ether oxygens (including phenoxy) is 1. The highest BCUT2D eigenvalue weighted by Gasteiger charge is 2.21. The molecule has 1 saturated heterocycles. The number of halogens is 1. The average molecular weight is 384 g/mol. The molecule has 1 aromatic heterocycles. The van der Waals surface area contributed by atoms with E-state index in [1.165, 1.54) is 23.3 Å². The lowest BCUT2D eigenvalue weighted by atomic mass is 10.1. The zero-order valence-corrected chi connectivity index (χ0v) is 16.0. The van der Waals surface area contributed by atoms with Crippen molar-refractivity contribution < 1.29 is 9.13 Å². The maximum absolute atomic E-state index is 14.1. The molecule has 2 aromatic carbocycles. The van der Waals surface area contributed by atoms with E-state index in [1.54, 1.807) is 19.2 Å². The Morgan fingerprint density at radius 1 is 1.04 bits per heavy atom. The zero-order chi connectivity index (χ0) is 18.6. The highest BCUT2D eigenvalue weighted by molar-refractivity contribution is 7.09. The standard InChI is InChI=1S/C20H21FN4OS/c1-26-16-8-6-15(7-9-16)25-12-10-24(11-13-25)14-19-20(27-23-22-19)17-4-2-3-5-18(17)21/h2-9H,10-14H2,1H3. The Balaban J connectivity index is 1.40. The number of piperazine rings is 1. The van der Waals surface area contributed by atoms with Crippen LogP contribution < -0.4 is 9.64 Å². The summed E-state index contributed by atoms with van der Waals surface area (Å²) in [6, 6.07) is 15.0. The Morgan fingerprint density at radius 3 is 2.48 bits per heavy atom. The van der Waals surface area contributed by atoms with Crippen molar-refractivity contribution in [3.05, 3.63) is 60.0 Å². The fourth-order valence-electron chi connectivity index (χ4n) is 3.33. The predicted octanol–water partition coefficient (Wildman–Crippen LogP) is 3.68. The Hall–Kier alpha value is -2.51. The van der Waals surface area contributed by atoms with Gasteiger partial charge in [0.1, 0.15) is 11.6 Å². The van der Waals surface area contributed by atoms with Crippen molar-refractivity contribution in [2.24, 2.45) is 0 Å². The fraction of sp³-hybridized carbons (Fsp3) is 0.300. The van der Waals surface area contributed by atoms with Crippen molar-refractivity contribution in [1.29, 1.82) is 0 Å². The van der Waals surface area contributed by atoms with Gasteiger partial charge in [-0.15, -0.1) is 5.10 Å². The van der Waals surface area contributed by atoms with E-state index in [4.69, 9.17) is 4.74 Å². The quantitative estimate of drug-likeness (QED) is 0.671. The largest absolute Gasteiger partial charge is 0.497 e. The van der Waals surface area contributed by atoms with Gasteiger partial charge in [-0.3, -0.25) is 4.90 Å². The van der Waals surface area contributed by atoms with Gasteiger partial charge in [0.25, 0.3) is 0 Å². The van der Waals surface area contributed by atoms with Gasteiger partial charge >= 0.3 is 0 Å². The normalized spacial score (nSPS) is 15.1. The molecule has 5 nitrogen and oxygen atoms in total. The first-order valence-electron chi connectivity index (χ1n) is 8.92. The van der Waals surface area contributed by atoms with Crippen LogP contribution in [0.25, 0.3) is 10.4 Å². The molecule has 0 saturated carbocycles. The Morgan fingerprint density at radius 2 is 1.78 bits per heavy atom. The van der Waals surface area contributed by atoms with Crippen molar-refractivity contribution in [1.82, 2.24) is 14.5 Å². The summed E-state index contributed by atoms with van der Waals surface area (Å²) in [5.41, 5.74) is 2.64. The van der Waals surface area contributed by atoms with Crippen LogP contribution in [0.4, 0.5) is 10.1 Å². The van der Waals surface area contributed by atoms with Gasteiger partial charge in [-0.1, -0.05) is 22.7 Å². The fourth-order valence-corrected chi connectivity index (χ4v) is 4.03. The summed E-state index contributed by atoms with van der Waals surface area (Å²) in [6.07, 6.45) is 0. The molecule has 3 aromatic rings. The summed E-state index contributed by atoms with van der Waals surface area (Å²) in [6.45, 7) is 4.44. The molecule has 0 amide bonds. The molecule has 4 rings (SSSR count). The molecule has 2 heterocycles. The number of rotatable bonds is 5. The van der Waals surface area contributed by atoms with Crippen molar-refractivity contribution in [2.45, 2.75) is 6.54 Å². The van der Waals surface area contributed by atoms with E-state index >= 15 is 0 Å². The molecular formula is C20H21FN4OS. The summed E-state index contributed by atoms with van der Waals surface area (Å²) < 4.78 is 23.4. The first kappa shape index (κ1) is 17.9. The highest BCUT2D eigenvalue weighted by Crippen LogP contribution is 2.29. The van der Waals surface area contributed by atoms with Crippen LogP contribution in [0.1, 0.15) is 5.69 Å². The minimum Gasteiger partial charge on any atom is -0.497 e. The van der Waals surface area contributed by atoms with Gasteiger partial charge in [-0.25, -0.2) is 4.39 Å². The SMILES string of the molecule is COc1ccc(N2CCN(Cc3nnsc3-c3ccccc3F)CC2)cc1. The van der Waals surface area contributed by atoms with Crippen molar-refractivity contribution in [3.8, 4) is 16.2 Å². The minimum absolute atomic E-state index is 0.228. The van der Waals surface area contributed by atoms with Gasteiger partial charge in [0.2, 0.25) is 0 Å². The molecule has 1 aliphatic heterocycles. The molecule has 0 atom stereocenters. The van der Waals surface area contributed by atoms with Crippen LogP contribution >= 0.6 is 11.5 Å². The van der Waals surface area contributed by atoms with Crippen LogP contribution in [0.5, 0.6) is 5.75 Å². The van der Waals surface area contributed by atoms with E-state index in [0.29, 0.717) is 12.1 Å². The number of methoxy groups -OCH3 is 1.